The van der Waals surface area contributed by atoms with E-state index in [1.165, 1.54) is 10.8 Å². The number of ether oxygens (including phenoxy) is 2. The van der Waals surface area contributed by atoms with Gasteiger partial charge >= 0.3 is 0 Å². The van der Waals surface area contributed by atoms with E-state index in [0.29, 0.717) is 17.9 Å². The highest BCUT2D eigenvalue weighted by Crippen LogP contribution is 2.49. The molecule has 0 spiro atoms. The van der Waals surface area contributed by atoms with Crippen molar-refractivity contribution in [2.24, 2.45) is 0 Å². The van der Waals surface area contributed by atoms with Crippen molar-refractivity contribution in [3.8, 4) is 23.8 Å². The first-order valence-electron chi connectivity index (χ1n) is 10.6. The molecule has 160 valence electrons. The highest BCUT2D eigenvalue weighted by molar-refractivity contribution is 9.10. The Morgan fingerprint density at radius 3 is 2.84 bits per heavy atom. The van der Waals surface area contributed by atoms with Crippen LogP contribution in [0.5, 0.6) is 11.5 Å². The Hall–Kier alpha value is -3.23. The van der Waals surface area contributed by atoms with Crippen molar-refractivity contribution < 1.29 is 14.3 Å². The minimum Gasteiger partial charge on any atom is -0.493 e. The molecule has 0 unspecified atom stereocenters. The second-order valence-corrected chi connectivity index (χ2v) is 8.84. The fourth-order valence-electron chi connectivity index (χ4n) is 4.81. The Bertz CT molecular complexity index is 1320. The number of rotatable bonds is 4. The number of allylic oxidation sites excluding steroid dienone is 1. The minimum atomic E-state index is -0.265. The molecule has 0 amide bonds. The molecule has 5 heteroatoms. The summed E-state index contributed by atoms with van der Waals surface area (Å²) >= 11 is 3.60. The van der Waals surface area contributed by atoms with Gasteiger partial charge in [0.05, 0.1) is 17.6 Å². The normalized spacial score (nSPS) is 17.3. The van der Waals surface area contributed by atoms with Crippen LogP contribution in [-0.2, 0) is 4.79 Å². The van der Waals surface area contributed by atoms with Crippen LogP contribution in [-0.4, -0.2) is 19.5 Å². The fraction of sp³-hybridized carbons (Fsp3) is 0.222. The van der Waals surface area contributed by atoms with Gasteiger partial charge in [0.15, 0.2) is 17.3 Å². The van der Waals surface area contributed by atoms with Gasteiger partial charge in [-0.1, -0.05) is 36.3 Å². The number of Topliss-reactive ketones (excluding diaryl/α,β-unsaturated/α-hetero) is 1. The van der Waals surface area contributed by atoms with Crippen LogP contribution >= 0.6 is 15.9 Å². The highest BCUT2D eigenvalue weighted by atomic mass is 79.9. The molecule has 1 N–H and O–H groups in total. The first-order valence-corrected chi connectivity index (χ1v) is 11.4. The van der Waals surface area contributed by atoms with E-state index in [4.69, 9.17) is 15.9 Å². The number of halogens is 1. The molecule has 0 fully saturated rings. The Balaban J connectivity index is 1.69. The molecule has 0 saturated carbocycles. The molecule has 0 aromatic heterocycles. The molecule has 3 aromatic rings. The molecule has 1 atom stereocenters. The molecule has 1 aliphatic carbocycles. The van der Waals surface area contributed by atoms with Crippen LogP contribution in [0.2, 0.25) is 0 Å². The summed E-state index contributed by atoms with van der Waals surface area (Å²) in [5.41, 5.74) is 5.14. The van der Waals surface area contributed by atoms with Crippen LogP contribution < -0.4 is 14.8 Å². The van der Waals surface area contributed by atoms with Crippen molar-refractivity contribution in [2.75, 3.05) is 19.0 Å². The molecule has 5 rings (SSSR count). The fourth-order valence-corrected chi connectivity index (χ4v) is 5.39. The summed E-state index contributed by atoms with van der Waals surface area (Å²) in [6.07, 6.45) is 7.69. The largest absolute Gasteiger partial charge is 0.493 e. The average Bonchev–Trinajstić information content (AvgIpc) is 2.82. The molecule has 1 aliphatic heterocycles. The van der Waals surface area contributed by atoms with Crippen molar-refractivity contribution in [1.29, 1.82) is 0 Å². The smallest absolute Gasteiger partial charge is 0.176 e. The lowest BCUT2D eigenvalue weighted by Gasteiger charge is -2.35. The van der Waals surface area contributed by atoms with Crippen LogP contribution in [0.4, 0.5) is 5.69 Å². The number of nitrogens with one attached hydrogen (secondary N) is 1. The van der Waals surface area contributed by atoms with Gasteiger partial charge in [-0.05, 0) is 68.9 Å². The van der Waals surface area contributed by atoms with Gasteiger partial charge in [0.2, 0.25) is 0 Å². The van der Waals surface area contributed by atoms with E-state index in [1.807, 2.05) is 18.2 Å². The van der Waals surface area contributed by atoms with E-state index in [-0.39, 0.29) is 18.4 Å². The van der Waals surface area contributed by atoms with Crippen LogP contribution in [0.15, 0.2) is 58.6 Å². The van der Waals surface area contributed by atoms with Gasteiger partial charge in [-0.25, -0.2) is 0 Å². The van der Waals surface area contributed by atoms with E-state index >= 15 is 0 Å². The molecule has 0 bridgehead atoms. The number of ketones is 1. The van der Waals surface area contributed by atoms with Crippen molar-refractivity contribution in [2.45, 2.75) is 25.3 Å². The zero-order chi connectivity index (χ0) is 22.2. The quantitative estimate of drug-likeness (QED) is 0.438. The maximum absolute atomic E-state index is 13.2. The molecular formula is C27H22BrNO3. The van der Waals surface area contributed by atoms with Crippen molar-refractivity contribution >= 4 is 43.7 Å². The van der Waals surface area contributed by atoms with E-state index in [9.17, 15) is 4.79 Å². The number of hydrogen-bond donors (Lipinski definition) is 1. The first kappa shape index (κ1) is 20.7. The SMILES string of the molecule is C#CCOc1c(Br)cc([C@@H]2Nc3ccc4ccccc4c3C3=C2C(=O)CCC3)cc1OC. The van der Waals surface area contributed by atoms with Gasteiger partial charge in [-0.15, -0.1) is 6.42 Å². The second-order valence-electron chi connectivity index (χ2n) is 7.98. The molecule has 0 saturated heterocycles. The predicted molar refractivity (Wildman–Crippen MR) is 131 cm³/mol. The zero-order valence-corrected chi connectivity index (χ0v) is 19.3. The first-order chi connectivity index (χ1) is 15.6. The van der Waals surface area contributed by atoms with Crippen LogP contribution in [0, 0.1) is 12.3 Å². The van der Waals surface area contributed by atoms with Crippen molar-refractivity contribution in [1.82, 2.24) is 0 Å². The number of anilines is 1. The molecule has 4 nitrogen and oxygen atoms in total. The minimum absolute atomic E-state index is 0.143. The van der Waals surface area contributed by atoms with Gasteiger partial charge in [0.25, 0.3) is 0 Å². The summed E-state index contributed by atoms with van der Waals surface area (Å²) in [5, 5.41) is 6.00. The van der Waals surface area contributed by atoms with E-state index in [1.54, 1.807) is 7.11 Å². The second kappa shape index (κ2) is 8.37. The van der Waals surface area contributed by atoms with E-state index in [2.05, 4.69) is 57.5 Å². The topological polar surface area (TPSA) is 47.6 Å². The Labute approximate surface area is 195 Å². The molecule has 0 radical (unpaired) electrons. The lowest BCUT2D eigenvalue weighted by Crippen LogP contribution is -2.27. The average molecular weight is 488 g/mol. The summed E-state index contributed by atoms with van der Waals surface area (Å²) in [5.74, 6) is 3.80. The summed E-state index contributed by atoms with van der Waals surface area (Å²) in [6, 6.07) is 16.2. The van der Waals surface area contributed by atoms with E-state index in [0.717, 1.165) is 45.3 Å². The van der Waals surface area contributed by atoms with Crippen molar-refractivity contribution in [3.63, 3.8) is 0 Å². The Morgan fingerprint density at radius 1 is 1.19 bits per heavy atom. The summed E-state index contributed by atoms with van der Waals surface area (Å²) < 4.78 is 12.0. The Kier molecular flexibility index (Phi) is 5.40. The third kappa shape index (κ3) is 3.36. The van der Waals surface area contributed by atoms with Gasteiger partial charge < -0.3 is 14.8 Å². The van der Waals surface area contributed by atoms with Gasteiger partial charge in [-0.3, -0.25) is 4.79 Å². The summed E-state index contributed by atoms with van der Waals surface area (Å²) in [4.78, 5) is 13.2. The number of methoxy groups -OCH3 is 1. The molecular weight excluding hydrogens is 466 g/mol. The van der Waals surface area contributed by atoms with Crippen LogP contribution in [0.1, 0.15) is 36.4 Å². The predicted octanol–water partition coefficient (Wildman–Crippen LogP) is 6.30. The van der Waals surface area contributed by atoms with Crippen LogP contribution in [0.25, 0.3) is 16.3 Å². The number of fused-ring (bicyclic) bond motifs is 4. The van der Waals surface area contributed by atoms with Gasteiger partial charge in [0.1, 0.15) is 6.61 Å². The lowest BCUT2D eigenvalue weighted by molar-refractivity contribution is -0.116. The van der Waals surface area contributed by atoms with Crippen molar-refractivity contribution in [3.05, 3.63) is 69.7 Å². The maximum Gasteiger partial charge on any atom is 0.176 e. The number of carbonyl (C=O) groups is 1. The number of terminal acetylenes is 1. The number of carbonyl (C=O) groups excluding carboxylic acids is 1. The molecule has 2 aliphatic rings. The number of benzene rings is 3. The van der Waals surface area contributed by atoms with Crippen LogP contribution in [0.3, 0.4) is 0 Å². The third-order valence-electron chi connectivity index (χ3n) is 6.16. The third-order valence-corrected chi connectivity index (χ3v) is 6.75. The highest BCUT2D eigenvalue weighted by Gasteiger charge is 2.35. The molecule has 3 aromatic carbocycles. The van der Waals surface area contributed by atoms with E-state index < -0.39 is 0 Å². The lowest BCUT2D eigenvalue weighted by atomic mass is 9.77. The zero-order valence-electron chi connectivity index (χ0n) is 17.7. The summed E-state index contributed by atoms with van der Waals surface area (Å²) in [7, 11) is 1.60. The standard InChI is InChI=1S/C27H22BrNO3/c1-3-13-32-27-20(28)14-17(15-23(27)31-2)26-25-19(9-6-10-22(25)30)24-18-8-5-4-7-16(18)11-12-21(24)29-26/h1,4-5,7-8,11-12,14-15,26,29H,6,9-10,13H2,2H3/t26-/m0/s1. The molecule has 1 heterocycles. The molecule has 32 heavy (non-hydrogen) atoms. The van der Waals surface area contributed by atoms with Gasteiger partial charge in [0, 0.05) is 23.2 Å². The maximum atomic E-state index is 13.2. The Morgan fingerprint density at radius 2 is 2.03 bits per heavy atom. The monoisotopic (exact) mass is 487 g/mol. The van der Waals surface area contributed by atoms with Gasteiger partial charge in [-0.2, -0.15) is 0 Å². The number of hydrogen-bond acceptors (Lipinski definition) is 4. The summed E-state index contributed by atoms with van der Waals surface area (Å²) in [6.45, 7) is 0.143.